The Kier molecular flexibility index (Phi) is 5.64. The molecule has 2 aromatic rings. The highest BCUT2D eigenvalue weighted by molar-refractivity contribution is 8.15. The van der Waals surface area contributed by atoms with Crippen LogP contribution in [0.15, 0.2) is 58.7 Å². The van der Waals surface area contributed by atoms with Crippen LogP contribution in [0.3, 0.4) is 0 Å². The maximum atomic E-state index is 11.7. The zero-order valence-corrected chi connectivity index (χ0v) is 14.8. The van der Waals surface area contributed by atoms with Crippen molar-refractivity contribution >= 4 is 35.0 Å². The molecule has 7 nitrogen and oxygen atoms in total. The van der Waals surface area contributed by atoms with Crippen LogP contribution < -0.4 is 5.32 Å². The third kappa shape index (κ3) is 4.80. The molecule has 1 unspecified atom stereocenters. The summed E-state index contributed by atoms with van der Waals surface area (Å²) in [5.41, 5.74) is 3.25. The van der Waals surface area contributed by atoms with Gasteiger partial charge in [-0.1, -0.05) is 42.1 Å². The molecule has 0 aliphatic carbocycles. The molecule has 2 N–H and O–H groups in total. The molecular weight excluding hydrogens is 364 g/mol. The van der Waals surface area contributed by atoms with Gasteiger partial charge in [-0.25, -0.2) is 0 Å². The lowest BCUT2D eigenvalue weighted by Gasteiger charge is -2.03. The SMILES string of the molecule is N#Cc1cccc(-c2cccc(C=NN=C3NC(=O)C(CC(=O)O)S3)c2)c1. The van der Waals surface area contributed by atoms with E-state index in [0.717, 1.165) is 28.5 Å². The molecule has 1 heterocycles. The summed E-state index contributed by atoms with van der Waals surface area (Å²) in [7, 11) is 0. The minimum atomic E-state index is -1.04. The van der Waals surface area contributed by atoms with Gasteiger partial charge in [-0.2, -0.15) is 10.4 Å². The smallest absolute Gasteiger partial charge is 0.305 e. The Morgan fingerprint density at radius 1 is 1.26 bits per heavy atom. The summed E-state index contributed by atoms with van der Waals surface area (Å²) in [6, 6.07) is 17.0. The largest absolute Gasteiger partial charge is 0.481 e. The van der Waals surface area contributed by atoms with Gasteiger partial charge in [0.2, 0.25) is 5.91 Å². The molecule has 1 atom stereocenters. The first-order chi connectivity index (χ1) is 13.0. The highest BCUT2D eigenvalue weighted by atomic mass is 32.2. The van der Waals surface area contributed by atoms with Crippen molar-refractivity contribution in [3.8, 4) is 17.2 Å². The van der Waals surface area contributed by atoms with Gasteiger partial charge in [-0.15, -0.1) is 5.10 Å². The number of hydrogen-bond acceptors (Lipinski definition) is 6. The summed E-state index contributed by atoms with van der Waals surface area (Å²) in [4.78, 5) is 22.4. The second kappa shape index (κ2) is 8.29. The van der Waals surface area contributed by atoms with Crippen molar-refractivity contribution in [1.82, 2.24) is 5.32 Å². The number of carboxylic acids is 1. The van der Waals surface area contributed by atoms with Gasteiger partial charge in [-0.3, -0.25) is 9.59 Å². The monoisotopic (exact) mass is 378 g/mol. The molecule has 27 heavy (non-hydrogen) atoms. The molecule has 1 saturated heterocycles. The average Bonchev–Trinajstić information content (AvgIpc) is 3.00. The van der Waals surface area contributed by atoms with Crippen molar-refractivity contribution in [2.75, 3.05) is 0 Å². The first-order valence-corrected chi connectivity index (χ1v) is 8.84. The Hall–Kier alpha value is -3.44. The first kappa shape index (κ1) is 18.4. The molecule has 0 saturated carbocycles. The van der Waals surface area contributed by atoms with Gasteiger partial charge in [0.15, 0.2) is 5.17 Å². The average molecular weight is 378 g/mol. The van der Waals surface area contributed by atoms with Crippen LogP contribution in [-0.4, -0.2) is 33.6 Å². The van der Waals surface area contributed by atoms with E-state index in [4.69, 9.17) is 10.4 Å². The lowest BCUT2D eigenvalue weighted by molar-refractivity contribution is -0.138. The number of carbonyl (C=O) groups is 2. The minimum absolute atomic E-state index is 0.261. The molecule has 0 bridgehead atoms. The summed E-state index contributed by atoms with van der Waals surface area (Å²) in [5, 5.41) is 27.8. The van der Waals surface area contributed by atoms with Crippen molar-refractivity contribution in [2.24, 2.45) is 10.2 Å². The number of amidine groups is 1. The predicted octanol–water partition coefficient (Wildman–Crippen LogP) is 2.62. The zero-order chi connectivity index (χ0) is 19.2. The quantitative estimate of drug-likeness (QED) is 0.613. The lowest BCUT2D eigenvalue weighted by Crippen LogP contribution is -2.26. The molecule has 2 aromatic carbocycles. The van der Waals surface area contributed by atoms with Crippen LogP contribution in [0.1, 0.15) is 17.5 Å². The van der Waals surface area contributed by atoms with E-state index in [9.17, 15) is 9.59 Å². The van der Waals surface area contributed by atoms with E-state index in [-0.39, 0.29) is 17.5 Å². The van der Waals surface area contributed by atoms with E-state index >= 15 is 0 Å². The fraction of sp³-hybridized carbons (Fsp3) is 0.105. The van der Waals surface area contributed by atoms with Crippen LogP contribution in [0, 0.1) is 11.3 Å². The van der Waals surface area contributed by atoms with Crippen LogP contribution in [0.5, 0.6) is 0 Å². The van der Waals surface area contributed by atoms with E-state index in [0.29, 0.717) is 5.56 Å². The van der Waals surface area contributed by atoms with Crippen molar-refractivity contribution in [2.45, 2.75) is 11.7 Å². The Balaban J connectivity index is 1.72. The summed E-state index contributed by atoms with van der Waals surface area (Å²) in [6.07, 6.45) is 1.28. The first-order valence-electron chi connectivity index (χ1n) is 7.96. The number of nitrogens with zero attached hydrogens (tertiary/aromatic N) is 3. The van der Waals surface area contributed by atoms with Gasteiger partial charge >= 0.3 is 5.97 Å². The Morgan fingerprint density at radius 2 is 2.00 bits per heavy atom. The van der Waals surface area contributed by atoms with Crippen LogP contribution in [0.25, 0.3) is 11.1 Å². The Bertz CT molecular complexity index is 994. The molecule has 1 fully saturated rings. The molecule has 8 heteroatoms. The fourth-order valence-corrected chi connectivity index (χ4v) is 3.38. The van der Waals surface area contributed by atoms with Gasteiger partial charge in [0.25, 0.3) is 0 Å². The number of nitriles is 1. The van der Waals surface area contributed by atoms with E-state index in [1.807, 2.05) is 42.5 Å². The molecule has 3 rings (SSSR count). The summed E-state index contributed by atoms with van der Waals surface area (Å²) in [6.45, 7) is 0. The van der Waals surface area contributed by atoms with Gasteiger partial charge < -0.3 is 10.4 Å². The molecule has 0 spiro atoms. The van der Waals surface area contributed by atoms with Gasteiger partial charge in [0.05, 0.1) is 24.3 Å². The molecule has 1 amide bonds. The van der Waals surface area contributed by atoms with Gasteiger partial charge in [0, 0.05) is 0 Å². The number of carboxylic acid groups (broad SMARTS) is 1. The highest BCUT2D eigenvalue weighted by Gasteiger charge is 2.32. The van der Waals surface area contributed by atoms with Crippen molar-refractivity contribution in [1.29, 1.82) is 5.26 Å². The molecule has 1 aliphatic heterocycles. The van der Waals surface area contributed by atoms with Crippen molar-refractivity contribution in [3.05, 3.63) is 59.7 Å². The summed E-state index contributed by atoms with van der Waals surface area (Å²) < 4.78 is 0. The second-order valence-electron chi connectivity index (χ2n) is 5.66. The molecule has 0 aromatic heterocycles. The minimum Gasteiger partial charge on any atom is -0.481 e. The third-order valence-corrected chi connectivity index (χ3v) is 4.78. The van der Waals surface area contributed by atoms with Crippen LogP contribution in [-0.2, 0) is 9.59 Å². The Morgan fingerprint density at radius 3 is 2.74 bits per heavy atom. The summed E-state index contributed by atoms with van der Waals surface area (Å²) >= 11 is 1.05. The van der Waals surface area contributed by atoms with E-state index < -0.39 is 11.2 Å². The second-order valence-corrected chi connectivity index (χ2v) is 6.85. The normalized spacial score (nSPS) is 17.8. The number of hydrogen-bond donors (Lipinski definition) is 2. The number of amides is 1. The maximum absolute atomic E-state index is 11.7. The fourth-order valence-electron chi connectivity index (χ4n) is 2.46. The molecule has 0 radical (unpaired) electrons. The van der Waals surface area contributed by atoms with E-state index in [2.05, 4.69) is 21.6 Å². The Labute approximate surface area is 159 Å². The predicted molar refractivity (Wildman–Crippen MR) is 103 cm³/mol. The number of aliphatic carboxylic acids is 1. The van der Waals surface area contributed by atoms with Crippen LogP contribution >= 0.6 is 11.8 Å². The lowest BCUT2D eigenvalue weighted by atomic mass is 10.0. The van der Waals surface area contributed by atoms with Crippen LogP contribution in [0.2, 0.25) is 0 Å². The number of rotatable bonds is 5. The van der Waals surface area contributed by atoms with E-state index in [1.165, 1.54) is 0 Å². The van der Waals surface area contributed by atoms with Crippen molar-refractivity contribution in [3.63, 3.8) is 0 Å². The van der Waals surface area contributed by atoms with Gasteiger partial charge in [0.1, 0.15) is 5.25 Å². The topological polar surface area (TPSA) is 115 Å². The maximum Gasteiger partial charge on any atom is 0.305 e. The number of thioether (sulfide) groups is 1. The standard InChI is InChI=1S/C19H14N4O3S/c20-10-12-3-1-5-14(7-12)15-6-2-4-13(8-15)11-21-23-19-22-18(26)16(27-19)9-17(24)25/h1-8,11,16H,9H2,(H,24,25)(H,22,23,26). The van der Waals surface area contributed by atoms with Crippen LogP contribution in [0.4, 0.5) is 0 Å². The van der Waals surface area contributed by atoms with Gasteiger partial charge in [-0.05, 0) is 34.9 Å². The third-order valence-electron chi connectivity index (χ3n) is 3.70. The van der Waals surface area contributed by atoms with E-state index in [1.54, 1.807) is 12.3 Å². The number of carbonyl (C=O) groups excluding carboxylic acids is 1. The molecule has 1 aliphatic rings. The summed E-state index contributed by atoms with van der Waals surface area (Å²) in [5.74, 6) is -1.42. The molecule has 134 valence electrons. The highest BCUT2D eigenvalue weighted by Crippen LogP contribution is 2.23. The van der Waals surface area contributed by atoms with Crippen molar-refractivity contribution < 1.29 is 14.7 Å². The number of benzene rings is 2. The zero-order valence-electron chi connectivity index (χ0n) is 14.0. The molecular formula is C19H14N4O3S. The number of nitrogens with one attached hydrogen (secondary N) is 1.